The van der Waals surface area contributed by atoms with Crippen molar-refractivity contribution in [2.45, 2.75) is 31.1 Å². The average molecular weight is 379 g/mol. The Hall–Kier alpha value is -1.70. The highest BCUT2D eigenvalue weighted by Gasteiger charge is 2.28. The first kappa shape index (κ1) is 18.1. The summed E-state index contributed by atoms with van der Waals surface area (Å²) < 4.78 is 27.0. The molecule has 1 amide bonds. The molecule has 5 nitrogen and oxygen atoms in total. The van der Waals surface area contributed by atoms with Gasteiger partial charge in [-0.2, -0.15) is 15.6 Å². The second-order valence-electron chi connectivity index (χ2n) is 6.49. The van der Waals surface area contributed by atoms with E-state index in [2.05, 4.69) is 12.2 Å². The highest BCUT2D eigenvalue weighted by Crippen LogP contribution is 2.24. The van der Waals surface area contributed by atoms with Crippen LogP contribution in [0.15, 0.2) is 46.0 Å². The fourth-order valence-corrected chi connectivity index (χ4v) is 5.27. The van der Waals surface area contributed by atoms with Crippen molar-refractivity contribution < 1.29 is 13.2 Å². The molecule has 134 valence electrons. The number of benzene rings is 1. The standard InChI is InChI=1S/C18H22N2O3S2/c1-14-3-2-9-20(12-14)25(22,23)17-6-4-16(5-7-17)19-18(21)11-15-8-10-24-13-15/h4-8,10,13-14H,2-3,9,11-12H2,1H3,(H,19,21)/t14-/m0/s1. The molecule has 25 heavy (non-hydrogen) atoms. The summed E-state index contributed by atoms with van der Waals surface area (Å²) in [5.74, 6) is 0.276. The van der Waals surface area contributed by atoms with Gasteiger partial charge >= 0.3 is 0 Å². The van der Waals surface area contributed by atoms with Crippen LogP contribution < -0.4 is 5.32 Å². The van der Waals surface area contributed by atoms with E-state index in [1.54, 1.807) is 39.9 Å². The van der Waals surface area contributed by atoms with Crippen molar-refractivity contribution in [2.24, 2.45) is 5.92 Å². The van der Waals surface area contributed by atoms with Crippen LogP contribution >= 0.6 is 11.3 Å². The van der Waals surface area contributed by atoms with Gasteiger partial charge in [-0.3, -0.25) is 4.79 Å². The third-order valence-electron chi connectivity index (χ3n) is 4.34. The average Bonchev–Trinajstić information content (AvgIpc) is 3.08. The van der Waals surface area contributed by atoms with Crippen molar-refractivity contribution in [3.8, 4) is 0 Å². The zero-order valence-electron chi connectivity index (χ0n) is 14.1. The van der Waals surface area contributed by atoms with Crippen LogP contribution in [0.2, 0.25) is 0 Å². The molecule has 1 aromatic carbocycles. The first-order chi connectivity index (χ1) is 11.9. The number of thiophene rings is 1. The summed E-state index contributed by atoms with van der Waals surface area (Å²) in [6.45, 7) is 3.22. The van der Waals surface area contributed by atoms with Gasteiger partial charge in [0.1, 0.15) is 0 Å². The zero-order chi connectivity index (χ0) is 17.9. The summed E-state index contributed by atoms with van der Waals surface area (Å²) in [6.07, 6.45) is 2.29. The minimum atomic E-state index is -3.46. The lowest BCUT2D eigenvalue weighted by Gasteiger charge is -2.30. The van der Waals surface area contributed by atoms with Gasteiger partial charge in [0.15, 0.2) is 0 Å². The Kier molecular flexibility index (Phi) is 5.56. The van der Waals surface area contributed by atoms with Gasteiger partial charge in [0.2, 0.25) is 15.9 Å². The van der Waals surface area contributed by atoms with Crippen molar-refractivity contribution in [3.05, 3.63) is 46.7 Å². The second-order valence-corrected chi connectivity index (χ2v) is 9.21. The molecule has 7 heteroatoms. The molecule has 3 rings (SSSR count). The van der Waals surface area contributed by atoms with E-state index in [0.29, 0.717) is 31.1 Å². The Labute approximate surface area is 152 Å². The predicted octanol–water partition coefficient (Wildman–Crippen LogP) is 3.35. The van der Waals surface area contributed by atoms with E-state index >= 15 is 0 Å². The molecule has 1 atom stereocenters. The molecular weight excluding hydrogens is 356 g/mol. The van der Waals surface area contributed by atoms with Crippen LogP contribution in [0.25, 0.3) is 0 Å². The molecule has 0 saturated carbocycles. The summed E-state index contributed by atoms with van der Waals surface area (Å²) >= 11 is 1.55. The van der Waals surface area contributed by atoms with Gasteiger partial charge in [-0.25, -0.2) is 8.42 Å². The fourth-order valence-electron chi connectivity index (χ4n) is 3.01. The molecule has 1 saturated heterocycles. The molecule has 1 N–H and O–H groups in total. The molecule has 0 aliphatic carbocycles. The Morgan fingerprint density at radius 3 is 2.68 bits per heavy atom. The van der Waals surface area contributed by atoms with Gasteiger partial charge in [0.05, 0.1) is 11.3 Å². The number of nitrogens with one attached hydrogen (secondary N) is 1. The van der Waals surface area contributed by atoms with E-state index in [9.17, 15) is 13.2 Å². The number of piperidine rings is 1. The molecule has 1 aromatic heterocycles. The quantitative estimate of drug-likeness (QED) is 0.868. The number of sulfonamides is 1. The molecule has 1 fully saturated rings. The van der Waals surface area contributed by atoms with Crippen LogP contribution in [0.5, 0.6) is 0 Å². The summed E-state index contributed by atoms with van der Waals surface area (Å²) in [4.78, 5) is 12.3. The fraction of sp³-hybridized carbons (Fsp3) is 0.389. The number of anilines is 1. The van der Waals surface area contributed by atoms with E-state index in [0.717, 1.165) is 18.4 Å². The third kappa shape index (κ3) is 4.48. The van der Waals surface area contributed by atoms with E-state index in [-0.39, 0.29) is 10.8 Å². The van der Waals surface area contributed by atoms with Crippen molar-refractivity contribution in [1.29, 1.82) is 0 Å². The predicted molar refractivity (Wildman–Crippen MR) is 100 cm³/mol. The monoisotopic (exact) mass is 378 g/mol. The Bertz CT molecular complexity index is 815. The minimum Gasteiger partial charge on any atom is -0.326 e. The lowest BCUT2D eigenvalue weighted by Crippen LogP contribution is -2.39. The van der Waals surface area contributed by atoms with Gasteiger partial charge in [-0.1, -0.05) is 6.92 Å². The lowest BCUT2D eigenvalue weighted by molar-refractivity contribution is -0.115. The third-order valence-corrected chi connectivity index (χ3v) is 6.95. The molecule has 0 bridgehead atoms. The Balaban J connectivity index is 1.66. The van der Waals surface area contributed by atoms with Crippen molar-refractivity contribution in [3.63, 3.8) is 0 Å². The number of carbonyl (C=O) groups excluding carboxylic acids is 1. The van der Waals surface area contributed by atoms with Crippen molar-refractivity contribution >= 4 is 33.0 Å². The first-order valence-corrected chi connectivity index (χ1v) is 10.7. The Morgan fingerprint density at radius 1 is 1.28 bits per heavy atom. The molecule has 0 radical (unpaired) electrons. The highest BCUT2D eigenvalue weighted by molar-refractivity contribution is 7.89. The largest absolute Gasteiger partial charge is 0.326 e. The molecule has 2 aromatic rings. The van der Waals surface area contributed by atoms with Crippen LogP contribution in [0, 0.1) is 5.92 Å². The number of hydrogen-bond donors (Lipinski definition) is 1. The highest BCUT2D eigenvalue weighted by atomic mass is 32.2. The van der Waals surface area contributed by atoms with Crippen LogP contribution in [0.3, 0.4) is 0 Å². The number of rotatable bonds is 5. The van der Waals surface area contributed by atoms with Crippen LogP contribution in [-0.4, -0.2) is 31.7 Å². The van der Waals surface area contributed by atoms with Gasteiger partial charge in [0.25, 0.3) is 0 Å². The number of hydrogen-bond acceptors (Lipinski definition) is 4. The van der Waals surface area contributed by atoms with Crippen LogP contribution in [0.4, 0.5) is 5.69 Å². The van der Waals surface area contributed by atoms with E-state index in [4.69, 9.17) is 0 Å². The SMILES string of the molecule is C[C@H]1CCCN(S(=O)(=O)c2ccc(NC(=O)Cc3ccsc3)cc2)C1. The molecule has 1 aliphatic heterocycles. The molecular formula is C18H22N2O3S2. The topological polar surface area (TPSA) is 66.5 Å². The summed E-state index contributed by atoms with van der Waals surface area (Å²) in [5.41, 5.74) is 1.58. The van der Waals surface area contributed by atoms with E-state index in [1.165, 1.54) is 0 Å². The number of nitrogens with zero attached hydrogens (tertiary/aromatic N) is 1. The van der Waals surface area contributed by atoms with Crippen LogP contribution in [-0.2, 0) is 21.2 Å². The molecule has 0 unspecified atom stereocenters. The Morgan fingerprint density at radius 2 is 2.04 bits per heavy atom. The number of amides is 1. The second kappa shape index (κ2) is 7.68. The van der Waals surface area contributed by atoms with Gasteiger partial charge < -0.3 is 5.32 Å². The lowest BCUT2D eigenvalue weighted by atomic mass is 10.0. The molecule has 1 aliphatic rings. The maximum atomic E-state index is 12.7. The summed E-state index contributed by atoms with van der Waals surface area (Å²) in [7, 11) is -3.46. The van der Waals surface area contributed by atoms with Crippen molar-refractivity contribution in [2.75, 3.05) is 18.4 Å². The summed E-state index contributed by atoms with van der Waals surface area (Å²) in [6, 6.07) is 8.33. The minimum absolute atomic E-state index is 0.112. The van der Waals surface area contributed by atoms with Gasteiger partial charge in [-0.15, -0.1) is 0 Å². The van der Waals surface area contributed by atoms with Gasteiger partial charge in [-0.05, 0) is 65.4 Å². The van der Waals surface area contributed by atoms with Crippen LogP contribution in [0.1, 0.15) is 25.3 Å². The maximum Gasteiger partial charge on any atom is 0.243 e. The van der Waals surface area contributed by atoms with E-state index in [1.807, 2.05) is 16.8 Å². The normalized spacial score (nSPS) is 18.8. The maximum absolute atomic E-state index is 12.7. The first-order valence-electron chi connectivity index (χ1n) is 8.36. The number of carbonyl (C=O) groups is 1. The zero-order valence-corrected chi connectivity index (χ0v) is 15.8. The summed E-state index contributed by atoms with van der Waals surface area (Å²) in [5, 5.41) is 6.68. The smallest absolute Gasteiger partial charge is 0.243 e. The molecule has 2 heterocycles. The van der Waals surface area contributed by atoms with Gasteiger partial charge in [0, 0.05) is 18.8 Å². The van der Waals surface area contributed by atoms with Crippen molar-refractivity contribution in [1.82, 2.24) is 4.31 Å². The van der Waals surface area contributed by atoms with E-state index < -0.39 is 10.0 Å². The molecule has 0 spiro atoms.